The summed E-state index contributed by atoms with van der Waals surface area (Å²) in [6.07, 6.45) is 0.510. The van der Waals surface area contributed by atoms with Gasteiger partial charge in [-0.3, -0.25) is 0 Å². The van der Waals surface area contributed by atoms with Gasteiger partial charge in [-0.2, -0.15) is 20.4 Å². The Bertz CT molecular complexity index is 2260. The average molecular weight is 955 g/mol. The molecule has 0 aliphatic carbocycles. The van der Waals surface area contributed by atoms with E-state index in [-0.39, 0.29) is 24.9 Å². The van der Waals surface area contributed by atoms with Gasteiger partial charge < -0.3 is 21.7 Å². The Labute approximate surface area is 340 Å². The molecule has 0 amide bonds. The van der Waals surface area contributed by atoms with Gasteiger partial charge in [0.05, 0.1) is 47.1 Å². The highest BCUT2D eigenvalue weighted by molar-refractivity contribution is 5.86. The lowest BCUT2D eigenvalue weighted by Crippen LogP contribution is -2.27. The zero-order valence-corrected chi connectivity index (χ0v) is 30.6. The molecule has 0 saturated carbocycles. The number of nitrogens with zero attached hydrogens (tertiary/aromatic N) is 6. The maximum absolute atomic E-state index is 13.4. The molecular formula is C32H18F20N10O2. The molecule has 0 atom stereocenters. The number of nitrogens with one attached hydrogen (secondary N) is 2. The second kappa shape index (κ2) is 24.3. The predicted octanol–water partition coefficient (Wildman–Crippen LogP) is 5.92. The monoisotopic (exact) mass is 954 g/mol. The number of hydrazone groups is 2. The number of rotatable bonds is 8. The third-order valence-corrected chi connectivity index (χ3v) is 6.43. The SMILES string of the molecule is CO.CO.N/C(=N\N=C\c1c(F)c(F)c(F)c(F)c1F)N/N=C/c1c(F)c(F)c(F)c(F)c1F.N/C(=N\N=C\c1c(F)c(F)c(F)c(F)c1F)N/N=C/c1c(F)c(F)c(F)c(F)c1F. The molecule has 0 aliphatic heterocycles. The molecule has 0 radical (unpaired) electrons. The van der Waals surface area contributed by atoms with Crippen LogP contribution in [0.15, 0.2) is 30.6 Å². The molecule has 0 aromatic heterocycles. The van der Waals surface area contributed by atoms with E-state index in [1.807, 2.05) is 0 Å². The minimum atomic E-state index is -2.39. The van der Waals surface area contributed by atoms with Crippen LogP contribution in [-0.4, -0.2) is 61.2 Å². The van der Waals surface area contributed by atoms with E-state index in [2.05, 4.69) is 30.6 Å². The van der Waals surface area contributed by atoms with E-state index >= 15 is 0 Å². The Hall–Kier alpha value is -7.38. The van der Waals surface area contributed by atoms with E-state index in [0.717, 1.165) is 14.2 Å². The zero-order chi connectivity index (χ0) is 49.5. The summed E-state index contributed by atoms with van der Waals surface area (Å²) in [6, 6.07) is 0. The lowest BCUT2D eigenvalue weighted by atomic mass is 10.2. The fraction of sp³-hybridized carbons (Fsp3) is 0.0625. The zero-order valence-electron chi connectivity index (χ0n) is 30.6. The number of aliphatic hydroxyl groups excluding tert-OH is 2. The molecule has 0 bridgehead atoms. The van der Waals surface area contributed by atoms with Crippen LogP contribution >= 0.6 is 0 Å². The summed E-state index contributed by atoms with van der Waals surface area (Å²) >= 11 is 0. The van der Waals surface area contributed by atoms with Crippen LogP contribution < -0.4 is 22.3 Å². The minimum absolute atomic E-state index is 0.110. The van der Waals surface area contributed by atoms with E-state index < -0.39 is 151 Å². The van der Waals surface area contributed by atoms with Gasteiger partial charge in [-0.15, -0.1) is 10.2 Å². The summed E-state index contributed by atoms with van der Waals surface area (Å²) in [5.74, 6) is -46.8. The van der Waals surface area contributed by atoms with E-state index in [9.17, 15) is 87.8 Å². The van der Waals surface area contributed by atoms with Gasteiger partial charge >= 0.3 is 0 Å². The van der Waals surface area contributed by atoms with Crippen LogP contribution in [0.25, 0.3) is 0 Å². The van der Waals surface area contributed by atoms with Crippen molar-refractivity contribution in [2.75, 3.05) is 14.2 Å². The number of hydrogen-bond donors (Lipinski definition) is 6. The molecule has 4 aromatic rings. The van der Waals surface area contributed by atoms with E-state index in [1.165, 1.54) is 0 Å². The molecule has 4 aromatic carbocycles. The van der Waals surface area contributed by atoms with Crippen molar-refractivity contribution >= 4 is 36.8 Å². The standard InChI is InChI=1S/2C15H5F10N5.2CH4O/c2*16-5-3(6(17)10(21)13(24)9(5)20)1-27-29-15(26)30-28-2-4-7(18)11(22)14(25)12(23)8(4)19;2*1-2/h2*1-2H,(H3,26,29,30);2*2H,1H3/b2*27-1+,28-2+;;. The Morgan fingerprint density at radius 1 is 0.312 bits per heavy atom. The normalized spacial score (nSPS) is 11.8. The highest BCUT2D eigenvalue weighted by Crippen LogP contribution is 2.25. The number of halogens is 20. The Morgan fingerprint density at radius 2 is 0.469 bits per heavy atom. The molecule has 12 nitrogen and oxygen atoms in total. The van der Waals surface area contributed by atoms with E-state index in [0.29, 0.717) is 0 Å². The van der Waals surface area contributed by atoms with E-state index in [4.69, 9.17) is 21.7 Å². The van der Waals surface area contributed by atoms with Crippen molar-refractivity contribution in [3.05, 3.63) is 139 Å². The molecule has 0 heterocycles. The molecule has 348 valence electrons. The average Bonchev–Trinajstić information content (AvgIpc) is 3.29. The summed E-state index contributed by atoms with van der Waals surface area (Å²) in [4.78, 5) is 0. The van der Waals surface area contributed by atoms with Crippen LogP contribution in [0.2, 0.25) is 0 Å². The summed E-state index contributed by atoms with van der Waals surface area (Å²) < 4.78 is 263. The number of hydrogen-bond acceptors (Lipinski definition) is 8. The van der Waals surface area contributed by atoms with Crippen LogP contribution in [0, 0.1) is 116 Å². The first-order chi connectivity index (χ1) is 30.0. The molecule has 0 saturated heterocycles. The van der Waals surface area contributed by atoms with Gasteiger partial charge in [-0.1, -0.05) is 0 Å². The van der Waals surface area contributed by atoms with Gasteiger partial charge in [0, 0.05) is 14.2 Å². The van der Waals surface area contributed by atoms with Gasteiger partial charge in [-0.05, 0) is 0 Å². The third kappa shape index (κ3) is 12.4. The molecular weight excluding hydrogens is 936 g/mol. The molecule has 0 fully saturated rings. The topological polar surface area (TPSA) is 191 Å². The van der Waals surface area contributed by atoms with Gasteiger partial charge in [0.25, 0.3) is 0 Å². The first-order valence-electron chi connectivity index (χ1n) is 15.2. The lowest BCUT2D eigenvalue weighted by molar-refractivity contribution is 0.377. The molecule has 0 unspecified atom stereocenters. The van der Waals surface area contributed by atoms with Crippen molar-refractivity contribution in [2.45, 2.75) is 0 Å². The Kier molecular flexibility index (Phi) is 20.8. The number of nitrogens with two attached hydrogens (primary N) is 2. The first kappa shape index (κ1) is 54.6. The fourth-order valence-electron chi connectivity index (χ4n) is 3.61. The predicted molar refractivity (Wildman–Crippen MR) is 181 cm³/mol. The van der Waals surface area contributed by atoms with Crippen LogP contribution in [0.4, 0.5) is 87.8 Å². The summed E-state index contributed by atoms with van der Waals surface area (Å²) in [5, 5.41) is 31.8. The van der Waals surface area contributed by atoms with Crippen molar-refractivity contribution < 1.29 is 98.0 Å². The summed E-state index contributed by atoms with van der Waals surface area (Å²) in [5.41, 5.74) is 7.92. The fourth-order valence-corrected chi connectivity index (χ4v) is 3.61. The van der Waals surface area contributed by atoms with E-state index in [1.54, 1.807) is 10.9 Å². The maximum Gasteiger partial charge on any atom is 0.234 e. The van der Waals surface area contributed by atoms with Crippen LogP contribution in [-0.2, 0) is 0 Å². The molecule has 0 spiro atoms. The molecule has 32 heteroatoms. The highest BCUT2D eigenvalue weighted by atomic mass is 19.2. The van der Waals surface area contributed by atoms with Crippen molar-refractivity contribution in [3.8, 4) is 0 Å². The smallest absolute Gasteiger partial charge is 0.234 e. The number of guanidine groups is 2. The first-order valence-corrected chi connectivity index (χ1v) is 15.2. The van der Waals surface area contributed by atoms with Crippen molar-refractivity contribution in [1.82, 2.24) is 10.9 Å². The second-order valence-electron chi connectivity index (χ2n) is 10.1. The molecule has 64 heavy (non-hydrogen) atoms. The minimum Gasteiger partial charge on any atom is -0.400 e. The number of aliphatic hydroxyl groups is 2. The number of benzene rings is 4. The van der Waals surface area contributed by atoms with Crippen LogP contribution in [0.1, 0.15) is 22.3 Å². The van der Waals surface area contributed by atoms with Gasteiger partial charge in [0.15, 0.2) is 93.1 Å². The van der Waals surface area contributed by atoms with Gasteiger partial charge in [-0.25, -0.2) is 98.7 Å². The molecule has 4 rings (SSSR count). The lowest BCUT2D eigenvalue weighted by Gasteiger charge is -2.04. The summed E-state index contributed by atoms with van der Waals surface area (Å²) in [7, 11) is 2.00. The van der Waals surface area contributed by atoms with Gasteiger partial charge in [0.2, 0.25) is 35.2 Å². The molecule has 0 aliphatic rings. The van der Waals surface area contributed by atoms with Crippen LogP contribution in [0.3, 0.4) is 0 Å². The van der Waals surface area contributed by atoms with Crippen molar-refractivity contribution in [3.63, 3.8) is 0 Å². The molecule has 8 N–H and O–H groups in total. The van der Waals surface area contributed by atoms with Gasteiger partial charge in [0.1, 0.15) is 0 Å². The largest absolute Gasteiger partial charge is 0.400 e. The van der Waals surface area contributed by atoms with Crippen molar-refractivity contribution in [2.24, 2.45) is 42.1 Å². The van der Waals surface area contributed by atoms with Crippen LogP contribution in [0.5, 0.6) is 0 Å². The Balaban J connectivity index is 0.000000594. The highest BCUT2D eigenvalue weighted by Gasteiger charge is 2.28. The van der Waals surface area contributed by atoms with Crippen molar-refractivity contribution in [1.29, 1.82) is 0 Å². The maximum atomic E-state index is 13.4. The second-order valence-corrected chi connectivity index (χ2v) is 10.1. The third-order valence-electron chi connectivity index (χ3n) is 6.43. The quantitative estimate of drug-likeness (QED) is 0.0318. The Morgan fingerprint density at radius 3 is 0.656 bits per heavy atom. The summed E-state index contributed by atoms with van der Waals surface area (Å²) in [6.45, 7) is 0.